The van der Waals surface area contributed by atoms with Crippen molar-refractivity contribution in [3.63, 3.8) is 0 Å². The molecule has 1 heterocycles. The van der Waals surface area contributed by atoms with E-state index in [0.29, 0.717) is 17.0 Å². The Kier molecular flexibility index (Phi) is 6.25. The number of hydroxylamine groups is 1. The number of ether oxygens (including phenoxy) is 2. The summed E-state index contributed by atoms with van der Waals surface area (Å²) in [6.07, 6.45) is -4.57. The predicted octanol–water partition coefficient (Wildman–Crippen LogP) is 3.76. The molecule has 0 bridgehead atoms. The average molecular weight is 426 g/mol. The highest BCUT2D eigenvalue weighted by Crippen LogP contribution is 2.33. The maximum Gasteiger partial charge on any atom is 0.422 e. The number of alkyl halides is 3. The van der Waals surface area contributed by atoms with E-state index in [4.69, 9.17) is 4.74 Å². The van der Waals surface area contributed by atoms with Crippen LogP contribution in [-0.4, -0.2) is 38.3 Å². The third-order valence-corrected chi connectivity index (χ3v) is 4.37. The summed E-state index contributed by atoms with van der Waals surface area (Å²) in [5.41, 5.74) is 3.43. The van der Waals surface area contributed by atoms with Crippen LogP contribution in [0.2, 0.25) is 0 Å². The summed E-state index contributed by atoms with van der Waals surface area (Å²) in [4.78, 5) is 19.4. The van der Waals surface area contributed by atoms with E-state index in [1.165, 1.54) is 12.1 Å². The molecule has 1 atom stereocenters. The van der Waals surface area contributed by atoms with Gasteiger partial charge in [0.15, 0.2) is 24.0 Å². The molecule has 1 aliphatic rings. The number of nitrogens with zero attached hydrogens (tertiary/aromatic N) is 1. The highest BCUT2D eigenvalue weighted by atomic mass is 19.4. The Labute approximate surface area is 169 Å². The van der Waals surface area contributed by atoms with Gasteiger partial charge in [0.1, 0.15) is 12.1 Å². The van der Waals surface area contributed by atoms with Crippen LogP contribution < -0.4 is 10.2 Å². The fourth-order valence-electron chi connectivity index (χ4n) is 2.99. The van der Waals surface area contributed by atoms with E-state index in [1.807, 2.05) is 13.0 Å². The second-order valence-electron chi connectivity index (χ2n) is 6.77. The third-order valence-electron chi connectivity index (χ3n) is 4.37. The summed E-state index contributed by atoms with van der Waals surface area (Å²) < 4.78 is 61.2. The molecule has 2 aromatic rings. The molecule has 0 fully saturated rings. The van der Waals surface area contributed by atoms with E-state index in [-0.39, 0.29) is 19.7 Å². The van der Waals surface area contributed by atoms with Crippen LogP contribution in [-0.2, 0) is 19.9 Å². The number of carbonyl (C=O) groups is 1. The molecule has 0 amide bonds. The molecular weight excluding hydrogens is 408 g/mol. The molecular formula is C20H18F4N2O4. The highest BCUT2D eigenvalue weighted by molar-refractivity contribution is 5.84. The van der Waals surface area contributed by atoms with Gasteiger partial charge in [-0.3, -0.25) is 9.79 Å². The quantitative estimate of drug-likeness (QED) is 0.433. The lowest BCUT2D eigenvalue weighted by Crippen LogP contribution is -2.40. The molecule has 1 N–H and O–H groups in total. The van der Waals surface area contributed by atoms with Crippen molar-refractivity contribution in [1.82, 2.24) is 5.48 Å². The van der Waals surface area contributed by atoms with Gasteiger partial charge in [0.2, 0.25) is 0 Å². The van der Waals surface area contributed by atoms with Crippen LogP contribution in [0.15, 0.2) is 47.5 Å². The molecule has 6 nitrogen and oxygen atoms in total. The minimum absolute atomic E-state index is 0.140. The Morgan fingerprint density at radius 3 is 2.73 bits per heavy atom. The van der Waals surface area contributed by atoms with Crippen molar-refractivity contribution >= 4 is 12.3 Å². The molecule has 160 valence electrons. The van der Waals surface area contributed by atoms with E-state index in [9.17, 15) is 22.4 Å². The van der Waals surface area contributed by atoms with Gasteiger partial charge in [0.05, 0.1) is 6.61 Å². The number of benzene rings is 2. The molecule has 0 aromatic heterocycles. The summed E-state index contributed by atoms with van der Waals surface area (Å²) in [6, 6.07) is 10.8. The lowest BCUT2D eigenvalue weighted by atomic mass is 9.90. The molecule has 0 aliphatic carbocycles. The normalized spacial score (nSPS) is 19.0. The predicted molar refractivity (Wildman–Crippen MR) is 99.3 cm³/mol. The molecule has 0 saturated heterocycles. The van der Waals surface area contributed by atoms with Crippen molar-refractivity contribution in [2.75, 3.05) is 19.8 Å². The van der Waals surface area contributed by atoms with Crippen molar-refractivity contribution in [2.45, 2.75) is 18.6 Å². The fraction of sp³-hybridized carbons (Fsp3) is 0.300. The molecule has 2 aromatic carbocycles. The van der Waals surface area contributed by atoms with Gasteiger partial charge < -0.3 is 14.3 Å². The first-order valence-electron chi connectivity index (χ1n) is 8.82. The van der Waals surface area contributed by atoms with Gasteiger partial charge in [0.25, 0.3) is 0 Å². The third kappa shape index (κ3) is 5.26. The van der Waals surface area contributed by atoms with Gasteiger partial charge in [-0.2, -0.15) is 13.2 Å². The Morgan fingerprint density at radius 1 is 1.23 bits per heavy atom. The minimum Gasteiger partial charge on any atom is -0.481 e. The van der Waals surface area contributed by atoms with Crippen molar-refractivity contribution < 1.29 is 36.7 Å². The summed E-state index contributed by atoms with van der Waals surface area (Å²) in [5.74, 6) is -1.05. The highest BCUT2D eigenvalue weighted by Gasteiger charge is 2.31. The maximum atomic E-state index is 13.9. The van der Waals surface area contributed by atoms with Gasteiger partial charge in [-0.15, -0.1) is 0 Å². The van der Waals surface area contributed by atoms with Gasteiger partial charge in [-0.25, -0.2) is 9.87 Å². The second kappa shape index (κ2) is 8.70. The van der Waals surface area contributed by atoms with Crippen LogP contribution in [0.25, 0.3) is 11.1 Å². The van der Waals surface area contributed by atoms with Crippen LogP contribution in [0.1, 0.15) is 12.5 Å². The van der Waals surface area contributed by atoms with E-state index < -0.39 is 29.9 Å². The zero-order chi connectivity index (χ0) is 21.8. The lowest BCUT2D eigenvalue weighted by molar-refractivity contribution is -0.153. The largest absolute Gasteiger partial charge is 0.481 e. The Morgan fingerprint density at radius 2 is 2.00 bits per heavy atom. The number of carbonyl (C=O) groups excluding carboxylic acids is 1. The van der Waals surface area contributed by atoms with Crippen molar-refractivity contribution in [3.05, 3.63) is 53.8 Å². The molecule has 0 spiro atoms. The number of amidine groups is 1. The molecule has 30 heavy (non-hydrogen) atoms. The van der Waals surface area contributed by atoms with E-state index >= 15 is 0 Å². The first-order chi connectivity index (χ1) is 14.2. The van der Waals surface area contributed by atoms with Gasteiger partial charge in [0, 0.05) is 0 Å². The summed E-state index contributed by atoms with van der Waals surface area (Å²) >= 11 is 0. The first kappa shape index (κ1) is 21.6. The van der Waals surface area contributed by atoms with Crippen LogP contribution in [0.5, 0.6) is 5.75 Å². The number of hydrogen-bond acceptors (Lipinski definition) is 6. The van der Waals surface area contributed by atoms with Gasteiger partial charge in [-0.1, -0.05) is 24.3 Å². The second-order valence-corrected chi connectivity index (χ2v) is 6.77. The summed E-state index contributed by atoms with van der Waals surface area (Å²) in [5, 5.41) is 0. The smallest absolute Gasteiger partial charge is 0.422 e. The lowest BCUT2D eigenvalue weighted by Gasteiger charge is -2.31. The van der Waals surface area contributed by atoms with Crippen molar-refractivity contribution in [2.24, 2.45) is 4.99 Å². The molecule has 3 rings (SSSR count). The Bertz CT molecular complexity index is 949. The number of rotatable bonds is 6. The molecule has 1 unspecified atom stereocenters. The van der Waals surface area contributed by atoms with Crippen molar-refractivity contribution in [1.29, 1.82) is 0 Å². The monoisotopic (exact) mass is 426 g/mol. The van der Waals surface area contributed by atoms with Crippen LogP contribution in [0, 0.1) is 5.82 Å². The standard InChI is InChI=1S/C20H18F4N2O4/c1-19(10-28-9-18(25-19)26-30-12-27)15-4-2-3-13(7-15)14-5-6-16(21)17(8-14)29-11-20(22,23)24/h2-8,12H,9-11H2,1H3,(H,25,26). The van der Waals surface area contributed by atoms with Crippen LogP contribution in [0.3, 0.4) is 0 Å². The van der Waals surface area contributed by atoms with Crippen molar-refractivity contribution in [3.8, 4) is 16.9 Å². The summed E-state index contributed by atoms with van der Waals surface area (Å²) in [7, 11) is 0. The number of halogens is 4. The molecule has 0 saturated carbocycles. The summed E-state index contributed by atoms with van der Waals surface area (Å²) in [6.45, 7) is 0.849. The number of aliphatic imine (C=N–C) groups is 1. The minimum atomic E-state index is -4.57. The zero-order valence-electron chi connectivity index (χ0n) is 15.8. The topological polar surface area (TPSA) is 69.2 Å². The fourth-order valence-corrected chi connectivity index (χ4v) is 2.99. The molecule has 0 radical (unpaired) electrons. The van der Waals surface area contributed by atoms with Crippen LogP contribution >= 0.6 is 0 Å². The van der Waals surface area contributed by atoms with E-state index in [1.54, 1.807) is 18.2 Å². The SMILES string of the molecule is CC1(c2cccc(-c3ccc(F)c(OCC(F)(F)F)c3)c2)COCC(NOC=O)=N1. The Hall–Kier alpha value is -3.14. The number of hydrogen-bond donors (Lipinski definition) is 1. The first-order valence-corrected chi connectivity index (χ1v) is 8.82. The van der Waals surface area contributed by atoms with Gasteiger partial charge >= 0.3 is 12.6 Å². The van der Waals surface area contributed by atoms with E-state index in [2.05, 4.69) is 20.0 Å². The van der Waals surface area contributed by atoms with Gasteiger partial charge in [-0.05, 0) is 41.8 Å². The Balaban J connectivity index is 1.89. The zero-order valence-corrected chi connectivity index (χ0v) is 15.8. The molecule has 1 aliphatic heterocycles. The number of nitrogens with one attached hydrogen (secondary N) is 1. The molecule has 10 heteroatoms. The maximum absolute atomic E-state index is 13.9. The van der Waals surface area contributed by atoms with E-state index in [0.717, 1.165) is 11.6 Å². The average Bonchev–Trinajstić information content (AvgIpc) is 2.71. The van der Waals surface area contributed by atoms with Crippen LogP contribution in [0.4, 0.5) is 17.6 Å².